The number of aliphatic hydroxyl groups excluding tert-OH is 1. The Morgan fingerprint density at radius 1 is 1.06 bits per heavy atom. The highest BCUT2D eigenvalue weighted by Crippen LogP contribution is 2.13. The first-order chi connectivity index (χ1) is 15.3. The van der Waals surface area contributed by atoms with E-state index >= 15 is 0 Å². The van der Waals surface area contributed by atoms with Gasteiger partial charge in [0.1, 0.15) is 12.4 Å². The molecule has 0 aliphatic heterocycles. The number of aliphatic imine (C=N–C) groups is 1. The van der Waals surface area contributed by atoms with Crippen LogP contribution in [0.1, 0.15) is 36.2 Å². The Kier molecular flexibility index (Phi) is 11.8. The van der Waals surface area contributed by atoms with Crippen LogP contribution in [-0.4, -0.2) is 40.3 Å². The summed E-state index contributed by atoms with van der Waals surface area (Å²) in [6.07, 6.45) is 5.97. The largest absolute Gasteiger partial charge is 0.396 e. The molecule has 172 valence electrons. The molecule has 1 aromatic heterocycles. The zero-order valence-corrected chi connectivity index (χ0v) is 21.0. The van der Waals surface area contributed by atoms with Gasteiger partial charge >= 0.3 is 0 Å². The first-order valence-electron chi connectivity index (χ1n) is 11.0. The number of nitrogens with zero attached hydrogens (tertiary/aromatic N) is 3. The number of nitrogens with one attached hydrogen (secondary N) is 2. The molecule has 0 saturated heterocycles. The second-order valence-corrected chi connectivity index (χ2v) is 7.49. The van der Waals surface area contributed by atoms with E-state index in [9.17, 15) is 5.11 Å². The van der Waals surface area contributed by atoms with Gasteiger partial charge in [-0.15, -0.1) is 24.0 Å². The van der Waals surface area contributed by atoms with E-state index in [0.717, 1.165) is 43.3 Å². The van der Waals surface area contributed by atoms with Crippen LogP contribution in [0.3, 0.4) is 0 Å². The summed E-state index contributed by atoms with van der Waals surface area (Å²) in [5.41, 5.74) is 2.47. The van der Waals surface area contributed by atoms with Crippen LogP contribution in [0.25, 0.3) is 0 Å². The molecule has 32 heavy (non-hydrogen) atoms. The maximum atomic E-state index is 9.79. The van der Waals surface area contributed by atoms with Crippen LogP contribution in [0.2, 0.25) is 0 Å². The Morgan fingerprint density at radius 2 is 1.78 bits per heavy atom. The first kappa shape index (κ1) is 25.9. The molecule has 3 rings (SSSR count). The molecule has 3 N–H and O–H groups in total. The van der Waals surface area contributed by atoms with Crippen LogP contribution in [0.5, 0.6) is 0 Å². The summed E-state index contributed by atoms with van der Waals surface area (Å²) in [5, 5.41) is 16.4. The van der Waals surface area contributed by atoms with Crippen LogP contribution in [0.15, 0.2) is 78.0 Å². The van der Waals surface area contributed by atoms with E-state index in [1.165, 1.54) is 5.56 Å². The summed E-state index contributed by atoms with van der Waals surface area (Å²) in [7, 11) is 0. The first-order valence-corrected chi connectivity index (χ1v) is 11.0. The molecule has 2 aromatic carbocycles. The Bertz CT molecular complexity index is 914. The smallest absolute Gasteiger partial charge is 0.191 e. The standard InChI is InChI=1S/C25H33N5O.HI/c1-2-26-25(28-18-23(20-31)22-13-7-4-8-14-22)29-19-24-27-15-17-30(24)16-9-12-21-10-5-3-6-11-21;/h3-8,10-11,13-15,17,23,31H,2,9,12,16,18-20H2,1H3,(H2,26,28,29);1H. The van der Waals surface area contributed by atoms with E-state index in [1.807, 2.05) is 55.7 Å². The topological polar surface area (TPSA) is 74.5 Å². The summed E-state index contributed by atoms with van der Waals surface area (Å²) in [6.45, 7) is 4.93. The molecule has 6 nitrogen and oxygen atoms in total. The molecular formula is C25H34IN5O. The zero-order chi connectivity index (χ0) is 21.7. The third-order valence-corrected chi connectivity index (χ3v) is 5.24. The minimum absolute atomic E-state index is 0. The van der Waals surface area contributed by atoms with Gasteiger partial charge in [0.15, 0.2) is 5.96 Å². The fourth-order valence-electron chi connectivity index (χ4n) is 3.52. The number of benzene rings is 2. The second-order valence-electron chi connectivity index (χ2n) is 7.49. The van der Waals surface area contributed by atoms with Gasteiger partial charge in [-0.1, -0.05) is 60.7 Å². The van der Waals surface area contributed by atoms with E-state index in [1.54, 1.807) is 0 Å². The van der Waals surface area contributed by atoms with E-state index < -0.39 is 0 Å². The number of aryl methyl sites for hydroxylation is 2. The highest BCUT2D eigenvalue weighted by molar-refractivity contribution is 14.0. The summed E-state index contributed by atoms with van der Waals surface area (Å²) in [4.78, 5) is 9.21. The molecule has 3 aromatic rings. The van der Waals surface area contributed by atoms with Crippen molar-refractivity contribution in [2.75, 3.05) is 19.7 Å². The van der Waals surface area contributed by atoms with E-state index in [0.29, 0.717) is 13.1 Å². The molecule has 7 heteroatoms. The van der Waals surface area contributed by atoms with Crippen LogP contribution < -0.4 is 10.6 Å². The Labute approximate surface area is 208 Å². The van der Waals surface area contributed by atoms with Gasteiger partial charge in [-0.2, -0.15) is 0 Å². The van der Waals surface area contributed by atoms with Crippen LogP contribution in [-0.2, 0) is 19.5 Å². The van der Waals surface area contributed by atoms with Crippen molar-refractivity contribution in [2.45, 2.75) is 38.8 Å². The highest BCUT2D eigenvalue weighted by atomic mass is 127. The number of rotatable bonds is 11. The molecule has 0 bridgehead atoms. The van der Waals surface area contributed by atoms with Gasteiger partial charge in [-0.25, -0.2) is 9.98 Å². The number of imidazole rings is 1. The lowest BCUT2D eigenvalue weighted by atomic mass is 10.0. The van der Waals surface area contributed by atoms with Crippen molar-refractivity contribution < 1.29 is 5.11 Å². The van der Waals surface area contributed by atoms with Crippen LogP contribution in [0, 0.1) is 0 Å². The summed E-state index contributed by atoms with van der Waals surface area (Å²) >= 11 is 0. The van der Waals surface area contributed by atoms with Crippen molar-refractivity contribution in [3.63, 3.8) is 0 Å². The molecule has 0 amide bonds. The summed E-state index contributed by atoms with van der Waals surface area (Å²) < 4.78 is 2.18. The maximum Gasteiger partial charge on any atom is 0.191 e. The SMILES string of the molecule is CCNC(=NCc1nccn1CCCc1ccccc1)NCC(CO)c1ccccc1.I. The molecule has 0 fully saturated rings. The predicted octanol–water partition coefficient (Wildman–Crippen LogP) is 3.97. The van der Waals surface area contributed by atoms with Crippen molar-refractivity contribution in [3.8, 4) is 0 Å². The van der Waals surface area contributed by atoms with Crippen LogP contribution in [0.4, 0.5) is 0 Å². The summed E-state index contributed by atoms with van der Waals surface area (Å²) in [5.74, 6) is 1.70. The maximum absolute atomic E-state index is 9.79. The van der Waals surface area contributed by atoms with E-state index in [-0.39, 0.29) is 36.5 Å². The van der Waals surface area contributed by atoms with Gasteiger partial charge in [0.05, 0.1) is 6.61 Å². The van der Waals surface area contributed by atoms with Gasteiger partial charge in [0.25, 0.3) is 0 Å². The van der Waals surface area contributed by atoms with Crippen molar-refractivity contribution >= 4 is 29.9 Å². The number of aliphatic hydroxyl groups is 1. The molecule has 0 spiro atoms. The molecule has 0 aliphatic rings. The number of guanidine groups is 1. The fraction of sp³-hybridized carbons (Fsp3) is 0.360. The summed E-state index contributed by atoms with van der Waals surface area (Å²) in [6, 6.07) is 20.6. The minimum Gasteiger partial charge on any atom is -0.396 e. The molecular weight excluding hydrogens is 513 g/mol. The molecule has 1 atom stereocenters. The van der Waals surface area contributed by atoms with Crippen molar-refractivity contribution in [1.29, 1.82) is 0 Å². The van der Waals surface area contributed by atoms with Gasteiger partial charge in [0.2, 0.25) is 0 Å². The van der Waals surface area contributed by atoms with E-state index in [4.69, 9.17) is 4.99 Å². The molecule has 0 radical (unpaired) electrons. The van der Waals surface area contributed by atoms with Gasteiger partial charge in [-0.05, 0) is 30.9 Å². The Balaban J connectivity index is 0.00000363. The molecule has 0 saturated carbocycles. The highest BCUT2D eigenvalue weighted by Gasteiger charge is 2.11. The van der Waals surface area contributed by atoms with Gasteiger partial charge in [0, 0.05) is 37.9 Å². The lowest BCUT2D eigenvalue weighted by Crippen LogP contribution is -2.40. The third-order valence-electron chi connectivity index (χ3n) is 5.24. The molecule has 1 heterocycles. The normalized spacial score (nSPS) is 12.1. The predicted molar refractivity (Wildman–Crippen MR) is 141 cm³/mol. The average molecular weight is 547 g/mol. The molecule has 0 aliphatic carbocycles. The number of halogens is 1. The Hall–Kier alpha value is -2.39. The molecule has 1 unspecified atom stereocenters. The van der Waals surface area contributed by atoms with Gasteiger partial charge in [-0.3, -0.25) is 0 Å². The zero-order valence-electron chi connectivity index (χ0n) is 18.7. The average Bonchev–Trinajstić information content (AvgIpc) is 3.26. The minimum atomic E-state index is 0. The monoisotopic (exact) mass is 547 g/mol. The second kappa shape index (κ2) is 14.6. The third kappa shape index (κ3) is 8.27. The van der Waals surface area contributed by atoms with Crippen molar-refractivity contribution in [1.82, 2.24) is 20.2 Å². The Morgan fingerprint density at radius 3 is 2.47 bits per heavy atom. The van der Waals surface area contributed by atoms with Gasteiger partial charge < -0.3 is 20.3 Å². The lowest BCUT2D eigenvalue weighted by Gasteiger charge is -2.18. The number of hydrogen-bond donors (Lipinski definition) is 3. The number of aromatic nitrogens is 2. The van der Waals surface area contributed by atoms with Crippen LogP contribution >= 0.6 is 24.0 Å². The van der Waals surface area contributed by atoms with Crippen molar-refractivity contribution in [3.05, 3.63) is 90.0 Å². The fourth-order valence-corrected chi connectivity index (χ4v) is 3.52. The number of hydrogen-bond acceptors (Lipinski definition) is 3. The van der Waals surface area contributed by atoms with E-state index in [2.05, 4.69) is 44.5 Å². The van der Waals surface area contributed by atoms with Crippen molar-refractivity contribution in [2.24, 2.45) is 4.99 Å². The quantitative estimate of drug-likeness (QED) is 0.193. The lowest BCUT2D eigenvalue weighted by molar-refractivity contribution is 0.265.